The van der Waals surface area contributed by atoms with Crippen molar-refractivity contribution in [3.8, 4) is 0 Å². The van der Waals surface area contributed by atoms with Crippen molar-refractivity contribution in [1.82, 2.24) is 10.2 Å². The minimum Gasteiger partial charge on any atom is -0.379 e. The monoisotopic (exact) mass is 288 g/mol. The van der Waals surface area contributed by atoms with Gasteiger partial charge in [0.2, 0.25) is 0 Å². The molecule has 3 atom stereocenters. The molecule has 1 rings (SSSR count). The predicted octanol–water partition coefficient (Wildman–Crippen LogP) is 2.73. The molecule has 112 valence electrons. The van der Waals surface area contributed by atoms with Gasteiger partial charge >= 0.3 is 6.03 Å². The zero-order chi connectivity index (χ0) is 14.6. The number of carbonyl (C=O) groups excluding carboxylic acids is 1. The van der Waals surface area contributed by atoms with E-state index < -0.39 is 0 Å². The van der Waals surface area contributed by atoms with Crippen LogP contribution >= 0.6 is 11.8 Å². The van der Waals surface area contributed by atoms with E-state index in [9.17, 15) is 4.79 Å². The molecule has 2 amide bonds. The van der Waals surface area contributed by atoms with Crippen molar-refractivity contribution < 1.29 is 9.53 Å². The molecule has 0 aromatic heterocycles. The quantitative estimate of drug-likeness (QED) is 0.865. The van der Waals surface area contributed by atoms with Crippen LogP contribution < -0.4 is 5.32 Å². The van der Waals surface area contributed by atoms with Crippen LogP contribution in [0.2, 0.25) is 0 Å². The van der Waals surface area contributed by atoms with Crippen LogP contribution in [0.5, 0.6) is 0 Å². The number of thioether (sulfide) groups is 1. The lowest BCUT2D eigenvalue weighted by atomic mass is 10.00. The molecule has 4 nitrogen and oxygen atoms in total. The third-order valence-electron chi connectivity index (χ3n) is 3.86. The molecule has 1 aliphatic rings. The summed E-state index contributed by atoms with van der Waals surface area (Å²) in [5.74, 6) is 1.02. The Bertz CT molecular complexity index is 310. The van der Waals surface area contributed by atoms with E-state index in [0.717, 1.165) is 18.7 Å². The Morgan fingerprint density at radius 2 is 2.16 bits per heavy atom. The van der Waals surface area contributed by atoms with Crippen LogP contribution in [0.1, 0.15) is 41.0 Å². The van der Waals surface area contributed by atoms with Crippen LogP contribution in [0.4, 0.5) is 4.79 Å². The Labute approximate surface area is 121 Å². The molecule has 1 aliphatic heterocycles. The summed E-state index contributed by atoms with van der Waals surface area (Å²) in [5.41, 5.74) is -0.205. The molecule has 5 heteroatoms. The molecule has 0 spiro atoms. The number of carbonyl (C=O) groups is 1. The molecule has 1 N–H and O–H groups in total. The third-order valence-corrected chi connectivity index (χ3v) is 5.20. The first-order valence-electron chi connectivity index (χ1n) is 7.00. The van der Waals surface area contributed by atoms with Gasteiger partial charge in [0.15, 0.2) is 0 Å². The number of urea groups is 1. The fraction of sp³-hybridized carbons (Fsp3) is 0.929. The third kappa shape index (κ3) is 4.88. The second-order valence-electron chi connectivity index (χ2n) is 6.03. The summed E-state index contributed by atoms with van der Waals surface area (Å²) in [4.78, 5) is 14.3. The summed E-state index contributed by atoms with van der Waals surface area (Å²) in [6, 6.07) is 0.458. The van der Waals surface area contributed by atoms with Gasteiger partial charge in [-0.3, -0.25) is 0 Å². The maximum Gasteiger partial charge on any atom is 0.317 e. The SMILES string of the molecule is COC(C)(C)C[C@H](C)NC(=O)N1CCS[C@@H](C)[C@@H]1C. The zero-order valence-corrected chi connectivity index (χ0v) is 13.8. The molecule has 0 bridgehead atoms. The highest BCUT2D eigenvalue weighted by Crippen LogP contribution is 2.24. The van der Waals surface area contributed by atoms with Gasteiger partial charge in [-0.2, -0.15) is 11.8 Å². The fourth-order valence-corrected chi connectivity index (χ4v) is 3.48. The number of ether oxygens (including phenoxy) is 1. The highest BCUT2D eigenvalue weighted by molar-refractivity contribution is 8.00. The summed E-state index contributed by atoms with van der Waals surface area (Å²) in [6.45, 7) is 11.3. The lowest BCUT2D eigenvalue weighted by Crippen LogP contribution is -2.54. The maximum atomic E-state index is 12.3. The van der Waals surface area contributed by atoms with E-state index in [4.69, 9.17) is 4.74 Å². The summed E-state index contributed by atoms with van der Waals surface area (Å²) < 4.78 is 5.41. The molecule has 0 aromatic rings. The van der Waals surface area contributed by atoms with Gasteiger partial charge < -0.3 is 15.0 Å². The van der Waals surface area contributed by atoms with Crippen molar-refractivity contribution in [1.29, 1.82) is 0 Å². The highest BCUT2D eigenvalue weighted by atomic mass is 32.2. The molecule has 1 saturated heterocycles. The Hall–Kier alpha value is -0.420. The Kier molecular flexibility index (Phi) is 5.99. The lowest BCUT2D eigenvalue weighted by Gasteiger charge is -2.38. The van der Waals surface area contributed by atoms with Crippen LogP contribution in [0, 0.1) is 0 Å². The van der Waals surface area contributed by atoms with Gasteiger partial charge in [0.05, 0.1) is 5.60 Å². The molecule has 0 unspecified atom stereocenters. The summed E-state index contributed by atoms with van der Waals surface area (Å²) in [7, 11) is 1.71. The lowest BCUT2D eigenvalue weighted by molar-refractivity contribution is 0.00904. The Balaban J connectivity index is 2.50. The van der Waals surface area contributed by atoms with E-state index >= 15 is 0 Å². The molecule has 0 saturated carbocycles. The topological polar surface area (TPSA) is 41.6 Å². The Morgan fingerprint density at radius 1 is 1.53 bits per heavy atom. The smallest absolute Gasteiger partial charge is 0.317 e. The molecule has 0 aliphatic carbocycles. The van der Waals surface area contributed by atoms with Crippen molar-refractivity contribution in [2.24, 2.45) is 0 Å². The van der Waals surface area contributed by atoms with Crippen molar-refractivity contribution >= 4 is 17.8 Å². The molecule has 1 fully saturated rings. The number of methoxy groups -OCH3 is 1. The Morgan fingerprint density at radius 3 is 2.74 bits per heavy atom. The average Bonchev–Trinajstić information content (AvgIpc) is 2.31. The van der Waals surface area contributed by atoms with Crippen LogP contribution in [0.3, 0.4) is 0 Å². The number of nitrogens with one attached hydrogen (secondary N) is 1. The van der Waals surface area contributed by atoms with Crippen LogP contribution in [0.15, 0.2) is 0 Å². The number of hydrogen-bond donors (Lipinski definition) is 1. The average molecular weight is 288 g/mol. The number of rotatable bonds is 4. The van der Waals surface area contributed by atoms with Crippen molar-refractivity contribution in [3.63, 3.8) is 0 Å². The largest absolute Gasteiger partial charge is 0.379 e. The van der Waals surface area contributed by atoms with E-state index in [0.29, 0.717) is 11.3 Å². The van der Waals surface area contributed by atoms with E-state index in [1.54, 1.807) is 7.11 Å². The first kappa shape index (κ1) is 16.6. The van der Waals surface area contributed by atoms with E-state index in [1.165, 1.54) is 0 Å². The highest BCUT2D eigenvalue weighted by Gasteiger charge is 2.30. The van der Waals surface area contributed by atoms with Gasteiger partial charge in [-0.05, 0) is 34.1 Å². The summed E-state index contributed by atoms with van der Waals surface area (Å²) in [5, 5.41) is 3.59. The van der Waals surface area contributed by atoms with Crippen molar-refractivity contribution in [3.05, 3.63) is 0 Å². The van der Waals surface area contributed by atoms with Gasteiger partial charge in [0.25, 0.3) is 0 Å². The van der Waals surface area contributed by atoms with E-state index in [1.807, 2.05) is 37.4 Å². The van der Waals surface area contributed by atoms with Gasteiger partial charge in [-0.15, -0.1) is 0 Å². The van der Waals surface area contributed by atoms with Crippen LogP contribution in [0.25, 0.3) is 0 Å². The second-order valence-corrected chi connectivity index (χ2v) is 7.51. The number of amides is 2. The number of hydrogen-bond acceptors (Lipinski definition) is 3. The first-order chi connectivity index (χ1) is 8.76. The minimum absolute atomic E-state index is 0.0547. The van der Waals surface area contributed by atoms with Gasteiger partial charge in [0.1, 0.15) is 0 Å². The summed E-state index contributed by atoms with van der Waals surface area (Å²) >= 11 is 1.94. The van der Waals surface area contributed by atoms with Gasteiger partial charge in [0, 0.05) is 36.7 Å². The second kappa shape index (κ2) is 6.84. The van der Waals surface area contributed by atoms with E-state index in [-0.39, 0.29) is 17.7 Å². The first-order valence-corrected chi connectivity index (χ1v) is 8.05. The van der Waals surface area contributed by atoms with Gasteiger partial charge in [-0.25, -0.2) is 4.79 Å². The molecular formula is C14H28N2O2S. The molecule has 0 radical (unpaired) electrons. The maximum absolute atomic E-state index is 12.3. The summed E-state index contributed by atoms with van der Waals surface area (Å²) in [6.07, 6.45) is 0.807. The molecule has 0 aromatic carbocycles. The standard InChI is InChI=1S/C14H28N2O2S/c1-10(9-14(4,5)18-6)15-13(17)16-7-8-19-12(3)11(16)2/h10-12H,7-9H2,1-6H3,(H,15,17)/t10-,11-,12-/m0/s1. The molecule has 19 heavy (non-hydrogen) atoms. The predicted molar refractivity (Wildman–Crippen MR) is 81.8 cm³/mol. The number of nitrogens with zero attached hydrogens (tertiary/aromatic N) is 1. The molecular weight excluding hydrogens is 260 g/mol. The zero-order valence-electron chi connectivity index (χ0n) is 13.0. The van der Waals surface area contributed by atoms with Crippen LogP contribution in [-0.2, 0) is 4.74 Å². The van der Waals surface area contributed by atoms with Crippen molar-refractivity contribution in [2.45, 2.75) is 64.0 Å². The van der Waals surface area contributed by atoms with E-state index in [2.05, 4.69) is 19.2 Å². The molecule has 1 heterocycles. The van der Waals surface area contributed by atoms with Crippen LogP contribution in [-0.4, -0.2) is 53.3 Å². The normalized spacial score (nSPS) is 26.1. The minimum atomic E-state index is -0.205. The van der Waals surface area contributed by atoms with Crippen molar-refractivity contribution in [2.75, 3.05) is 19.4 Å². The van der Waals surface area contributed by atoms with Gasteiger partial charge in [-0.1, -0.05) is 6.92 Å². The fourth-order valence-electron chi connectivity index (χ4n) is 2.39.